The molecule has 1 aromatic rings. The molecule has 1 aliphatic rings. The Hall–Kier alpha value is -1.11. The Morgan fingerprint density at radius 3 is 2.65 bits per heavy atom. The molecule has 2 rings (SSSR count). The zero-order valence-electron chi connectivity index (χ0n) is 13.6. The van der Waals surface area contributed by atoms with Crippen LogP contribution in [0.2, 0.25) is 0 Å². The number of piperidine rings is 1. The summed E-state index contributed by atoms with van der Waals surface area (Å²) in [6.07, 6.45) is 1.91. The van der Waals surface area contributed by atoms with Gasteiger partial charge in [0.25, 0.3) is 5.91 Å². The lowest BCUT2D eigenvalue weighted by Crippen LogP contribution is -2.45. The average Bonchev–Trinajstić information content (AvgIpc) is 2.54. The van der Waals surface area contributed by atoms with Crippen molar-refractivity contribution in [2.45, 2.75) is 37.6 Å². The zero-order valence-corrected chi connectivity index (χ0v) is 15.2. The van der Waals surface area contributed by atoms with Crippen LogP contribution in [0.3, 0.4) is 0 Å². The van der Waals surface area contributed by atoms with Gasteiger partial charge in [-0.15, -0.1) is 12.4 Å². The summed E-state index contributed by atoms with van der Waals surface area (Å²) in [6.45, 7) is 4.79. The van der Waals surface area contributed by atoms with E-state index in [1.54, 1.807) is 30.0 Å². The summed E-state index contributed by atoms with van der Waals surface area (Å²) < 4.78 is 24.4. The SMILES string of the molecule is CCS(=O)(=O)c1ccccc1C(=O)N1CCCC(C(C)N)C1.Cl. The van der Waals surface area contributed by atoms with Gasteiger partial charge in [-0.2, -0.15) is 0 Å². The van der Waals surface area contributed by atoms with Crippen LogP contribution in [0.15, 0.2) is 29.2 Å². The summed E-state index contributed by atoms with van der Waals surface area (Å²) in [7, 11) is -3.41. The quantitative estimate of drug-likeness (QED) is 0.891. The van der Waals surface area contributed by atoms with Gasteiger partial charge in [-0.3, -0.25) is 4.79 Å². The number of nitrogens with zero attached hydrogens (tertiary/aromatic N) is 1. The normalized spacial score (nSPS) is 19.8. The minimum Gasteiger partial charge on any atom is -0.338 e. The predicted octanol–water partition coefficient (Wildman–Crippen LogP) is 2.10. The third-order valence-electron chi connectivity index (χ3n) is 4.32. The second-order valence-corrected chi connectivity index (χ2v) is 8.16. The van der Waals surface area contributed by atoms with Gasteiger partial charge < -0.3 is 10.6 Å². The monoisotopic (exact) mass is 360 g/mol. The summed E-state index contributed by atoms with van der Waals surface area (Å²) >= 11 is 0. The Morgan fingerprint density at radius 2 is 2.04 bits per heavy atom. The smallest absolute Gasteiger partial charge is 0.255 e. The molecule has 0 bridgehead atoms. The highest BCUT2D eigenvalue weighted by Gasteiger charge is 2.29. The minimum atomic E-state index is -3.41. The molecule has 1 saturated heterocycles. The van der Waals surface area contributed by atoms with Crippen molar-refractivity contribution in [3.8, 4) is 0 Å². The summed E-state index contributed by atoms with van der Waals surface area (Å²) in [5, 5.41) is 0. The largest absolute Gasteiger partial charge is 0.338 e. The van der Waals surface area contributed by atoms with Crippen LogP contribution in [0.5, 0.6) is 0 Å². The molecule has 1 amide bonds. The lowest BCUT2D eigenvalue weighted by molar-refractivity contribution is 0.0657. The van der Waals surface area contributed by atoms with Crippen molar-refractivity contribution in [1.29, 1.82) is 0 Å². The fourth-order valence-corrected chi connectivity index (χ4v) is 3.95. The Bertz CT molecular complexity index is 646. The Labute approximate surface area is 144 Å². The van der Waals surface area contributed by atoms with Crippen LogP contribution in [-0.4, -0.2) is 44.1 Å². The highest BCUT2D eigenvalue weighted by molar-refractivity contribution is 7.91. The van der Waals surface area contributed by atoms with E-state index in [4.69, 9.17) is 5.73 Å². The van der Waals surface area contributed by atoms with E-state index in [1.165, 1.54) is 6.07 Å². The molecule has 0 aliphatic carbocycles. The van der Waals surface area contributed by atoms with E-state index in [-0.39, 0.29) is 46.5 Å². The molecule has 0 saturated carbocycles. The number of benzene rings is 1. The molecule has 2 unspecified atom stereocenters. The van der Waals surface area contributed by atoms with Crippen LogP contribution in [0.25, 0.3) is 0 Å². The highest BCUT2D eigenvalue weighted by atomic mass is 35.5. The van der Waals surface area contributed by atoms with Crippen LogP contribution < -0.4 is 5.73 Å². The molecule has 1 fully saturated rings. The van der Waals surface area contributed by atoms with Crippen LogP contribution in [-0.2, 0) is 9.84 Å². The molecule has 23 heavy (non-hydrogen) atoms. The number of likely N-dealkylation sites (tertiary alicyclic amines) is 1. The Morgan fingerprint density at radius 1 is 1.39 bits per heavy atom. The van der Waals surface area contributed by atoms with Gasteiger partial charge in [-0.05, 0) is 37.8 Å². The Balaban J connectivity index is 0.00000264. The van der Waals surface area contributed by atoms with Crippen LogP contribution in [0.1, 0.15) is 37.0 Å². The number of carbonyl (C=O) groups excluding carboxylic acids is 1. The summed E-state index contributed by atoms with van der Waals surface area (Å²) in [4.78, 5) is 14.6. The highest BCUT2D eigenvalue weighted by Crippen LogP contribution is 2.23. The van der Waals surface area contributed by atoms with E-state index in [0.717, 1.165) is 12.8 Å². The number of amides is 1. The first-order valence-corrected chi connectivity index (χ1v) is 9.38. The molecule has 1 heterocycles. The number of halogens is 1. The van der Waals surface area contributed by atoms with E-state index in [0.29, 0.717) is 13.1 Å². The summed E-state index contributed by atoms with van der Waals surface area (Å²) in [6, 6.07) is 6.50. The van der Waals surface area contributed by atoms with E-state index >= 15 is 0 Å². The lowest BCUT2D eigenvalue weighted by Gasteiger charge is -2.35. The first-order valence-electron chi connectivity index (χ1n) is 7.73. The Kier molecular flexibility index (Phi) is 7.04. The van der Waals surface area contributed by atoms with E-state index in [1.807, 2.05) is 6.92 Å². The second-order valence-electron chi connectivity index (χ2n) is 5.91. The number of hydrogen-bond donors (Lipinski definition) is 1. The van der Waals surface area contributed by atoms with Crippen molar-refractivity contribution in [1.82, 2.24) is 4.90 Å². The van der Waals surface area contributed by atoms with Crippen molar-refractivity contribution in [2.75, 3.05) is 18.8 Å². The topological polar surface area (TPSA) is 80.5 Å². The number of rotatable bonds is 4. The lowest BCUT2D eigenvalue weighted by atomic mass is 9.92. The molecule has 1 aromatic carbocycles. The van der Waals surface area contributed by atoms with Crippen LogP contribution >= 0.6 is 12.4 Å². The van der Waals surface area contributed by atoms with Crippen LogP contribution in [0.4, 0.5) is 0 Å². The number of carbonyl (C=O) groups is 1. The molecule has 2 atom stereocenters. The summed E-state index contributed by atoms with van der Waals surface area (Å²) in [5.74, 6) is 0.0466. The predicted molar refractivity (Wildman–Crippen MR) is 93.7 cm³/mol. The van der Waals surface area contributed by atoms with Crippen molar-refractivity contribution < 1.29 is 13.2 Å². The molecule has 2 N–H and O–H groups in total. The van der Waals surface area contributed by atoms with Gasteiger partial charge in [0.2, 0.25) is 0 Å². The molecule has 0 spiro atoms. The fraction of sp³-hybridized carbons (Fsp3) is 0.562. The maximum atomic E-state index is 12.8. The molecule has 1 aliphatic heterocycles. The van der Waals surface area contributed by atoms with Gasteiger partial charge >= 0.3 is 0 Å². The van der Waals surface area contributed by atoms with Crippen molar-refractivity contribution in [3.63, 3.8) is 0 Å². The molecular formula is C16H25ClN2O3S. The fourth-order valence-electron chi connectivity index (χ4n) is 2.86. The van der Waals surface area contributed by atoms with Gasteiger partial charge in [0.05, 0.1) is 16.2 Å². The first-order chi connectivity index (χ1) is 10.4. The maximum absolute atomic E-state index is 12.8. The third kappa shape index (κ3) is 4.46. The van der Waals surface area contributed by atoms with E-state index in [2.05, 4.69) is 0 Å². The van der Waals surface area contributed by atoms with Crippen molar-refractivity contribution in [2.24, 2.45) is 11.7 Å². The van der Waals surface area contributed by atoms with Gasteiger partial charge in [-0.25, -0.2) is 8.42 Å². The van der Waals surface area contributed by atoms with Crippen molar-refractivity contribution in [3.05, 3.63) is 29.8 Å². The van der Waals surface area contributed by atoms with Gasteiger partial charge in [0, 0.05) is 19.1 Å². The van der Waals surface area contributed by atoms with Gasteiger partial charge in [-0.1, -0.05) is 19.1 Å². The number of nitrogens with two attached hydrogens (primary N) is 1. The molecule has 7 heteroatoms. The third-order valence-corrected chi connectivity index (χ3v) is 6.11. The van der Waals surface area contributed by atoms with Crippen molar-refractivity contribution >= 4 is 28.2 Å². The number of hydrogen-bond acceptors (Lipinski definition) is 4. The molecule has 0 aromatic heterocycles. The minimum absolute atomic E-state index is 0. The molecule has 5 nitrogen and oxygen atoms in total. The first kappa shape index (κ1) is 19.9. The molecule has 0 radical (unpaired) electrons. The molecular weight excluding hydrogens is 336 g/mol. The van der Waals surface area contributed by atoms with Gasteiger partial charge in [0.15, 0.2) is 9.84 Å². The summed E-state index contributed by atoms with van der Waals surface area (Å²) in [5.41, 5.74) is 6.23. The number of sulfone groups is 1. The average molecular weight is 361 g/mol. The van der Waals surface area contributed by atoms with Gasteiger partial charge in [0.1, 0.15) is 0 Å². The zero-order chi connectivity index (χ0) is 16.3. The van der Waals surface area contributed by atoms with Crippen LogP contribution in [0, 0.1) is 5.92 Å². The standard InChI is InChI=1S/C16H24N2O3S.ClH/c1-3-22(20,21)15-9-5-4-8-14(15)16(19)18-10-6-7-13(11-18)12(2)17;/h4-5,8-9,12-13H,3,6-7,10-11,17H2,1-2H3;1H. The molecule has 130 valence electrons. The maximum Gasteiger partial charge on any atom is 0.255 e. The van der Waals surface area contributed by atoms with E-state index in [9.17, 15) is 13.2 Å². The van der Waals surface area contributed by atoms with E-state index < -0.39 is 9.84 Å². The second kappa shape index (κ2) is 8.13.